The van der Waals surface area contributed by atoms with Crippen molar-refractivity contribution in [3.8, 4) is 5.75 Å². The van der Waals surface area contributed by atoms with Crippen molar-refractivity contribution in [3.05, 3.63) is 65.4 Å². The van der Waals surface area contributed by atoms with Crippen LogP contribution in [0.3, 0.4) is 0 Å². The number of esters is 1. The third-order valence-corrected chi connectivity index (χ3v) is 4.05. The van der Waals surface area contributed by atoms with Crippen LogP contribution in [0.15, 0.2) is 47.0 Å². The van der Waals surface area contributed by atoms with Crippen LogP contribution in [0.4, 0.5) is 5.69 Å². The van der Waals surface area contributed by atoms with Crippen molar-refractivity contribution in [1.29, 1.82) is 0 Å². The number of carbonyl (C=O) groups is 2. The standard InChI is InChI=1S/C20H21N3O5/c1-4-13-5-7-14(8-6-13)27-12-15-9-10-17(28-15)19(24)21-16-11-23(2)22-18(16)20(25)26-3/h5-11H,4,12H2,1-3H3,(H,21,24). The number of amides is 1. The summed E-state index contributed by atoms with van der Waals surface area (Å²) in [5.74, 6) is 0.177. The summed E-state index contributed by atoms with van der Waals surface area (Å²) in [5.41, 5.74) is 1.49. The summed E-state index contributed by atoms with van der Waals surface area (Å²) >= 11 is 0. The fraction of sp³-hybridized carbons (Fsp3) is 0.250. The van der Waals surface area contributed by atoms with Crippen molar-refractivity contribution in [3.63, 3.8) is 0 Å². The molecule has 0 aliphatic rings. The van der Waals surface area contributed by atoms with Gasteiger partial charge in [-0.2, -0.15) is 5.10 Å². The van der Waals surface area contributed by atoms with Crippen molar-refractivity contribution < 1.29 is 23.5 Å². The molecule has 1 aromatic carbocycles. The van der Waals surface area contributed by atoms with Crippen molar-refractivity contribution in [2.24, 2.45) is 7.05 Å². The molecule has 1 amide bonds. The van der Waals surface area contributed by atoms with E-state index in [1.165, 1.54) is 23.6 Å². The lowest BCUT2D eigenvalue weighted by molar-refractivity contribution is 0.0594. The molecule has 8 heteroatoms. The first-order valence-electron chi connectivity index (χ1n) is 8.74. The Labute approximate surface area is 162 Å². The monoisotopic (exact) mass is 383 g/mol. The van der Waals surface area contributed by atoms with Gasteiger partial charge in [-0.05, 0) is 36.2 Å². The molecule has 0 saturated carbocycles. The van der Waals surface area contributed by atoms with Crippen LogP contribution in [0, 0.1) is 0 Å². The number of hydrogen-bond acceptors (Lipinski definition) is 6. The van der Waals surface area contributed by atoms with Gasteiger partial charge in [0.05, 0.1) is 12.8 Å². The molecule has 3 aromatic rings. The quantitative estimate of drug-likeness (QED) is 0.630. The van der Waals surface area contributed by atoms with Crippen LogP contribution < -0.4 is 10.1 Å². The summed E-state index contributed by atoms with van der Waals surface area (Å²) < 4.78 is 17.3. The molecule has 0 atom stereocenters. The number of ether oxygens (including phenoxy) is 2. The Morgan fingerprint density at radius 3 is 2.61 bits per heavy atom. The van der Waals surface area contributed by atoms with Crippen LogP contribution in [-0.4, -0.2) is 28.8 Å². The van der Waals surface area contributed by atoms with Gasteiger partial charge in [-0.1, -0.05) is 19.1 Å². The SMILES string of the molecule is CCc1ccc(OCc2ccc(C(=O)Nc3cn(C)nc3C(=O)OC)o2)cc1. The van der Waals surface area contributed by atoms with Gasteiger partial charge in [0.2, 0.25) is 0 Å². The summed E-state index contributed by atoms with van der Waals surface area (Å²) in [7, 11) is 2.88. The number of carbonyl (C=O) groups excluding carboxylic acids is 2. The van der Waals surface area contributed by atoms with Crippen LogP contribution >= 0.6 is 0 Å². The Morgan fingerprint density at radius 2 is 1.93 bits per heavy atom. The highest BCUT2D eigenvalue weighted by Crippen LogP contribution is 2.18. The summed E-state index contributed by atoms with van der Waals surface area (Å²) in [6.07, 6.45) is 2.47. The van der Waals surface area contributed by atoms with E-state index in [9.17, 15) is 9.59 Å². The van der Waals surface area contributed by atoms with Crippen molar-refractivity contribution in [2.75, 3.05) is 12.4 Å². The first-order valence-corrected chi connectivity index (χ1v) is 8.74. The molecule has 28 heavy (non-hydrogen) atoms. The normalized spacial score (nSPS) is 10.5. The van der Waals surface area contributed by atoms with Gasteiger partial charge in [-0.25, -0.2) is 4.79 Å². The number of aromatic nitrogens is 2. The first kappa shape index (κ1) is 19.2. The van der Waals surface area contributed by atoms with Gasteiger partial charge in [0.25, 0.3) is 5.91 Å². The molecular formula is C20H21N3O5. The van der Waals surface area contributed by atoms with Crippen LogP contribution in [0.2, 0.25) is 0 Å². The van der Waals surface area contributed by atoms with Crippen LogP contribution in [0.5, 0.6) is 5.75 Å². The van der Waals surface area contributed by atoms with Gasteiger partial charge in [0, 0.05) is 13.2 Å². The topological polar surface area (TPSA) is 95.6 Å². The van der Waals surface area contributed by atoms with Crippen LogP contribution in [0.1, 0.15) is 39.3 Å². The average molecular weight is 383 g/mol. The molecule has 0 radical (unpaired) electrons. The Balaban J connectivity index is 1.63. The molecule has 146 valence electrons. The summed E-state index contributed by atoms with van der Waals surface area (Å²) in [5, 5.41) is 6.59. The van der Waals surface area contributed by atoms with Crippen LogP contribution in [-0.2, 0) is 24.8 Å². The van der Waals surface area contributed by atoms with E-state index in [-0.39, 0.29) is 23.7 Å². The molecule has 0 saturated heterocycles. The smallest absolute Gasteiger partial charge is 0.360 e. The third kappa shape index (κ3) is 4.40. The zero-order valence-corrected chi connectivity index (χ0v) is 15.9. The molecule has 0 aliphatic carbocycles. The molecule has 0 fully saturated rings. The molecule has 0 bridgehead atoms. The fourth-order valence-electron chi connectivity index (χ4n) is 2.56. The van der Waals surface area contributed by atoms with Gasteiger partial charge in [-0.15, -0.1) is 0 Å². The molecule has 2 aromatic heterocycles. The van der Waals surface area contributed by atoms with E-state index in [2.05, 4.69) is 22.1 Å². The second-order valence-corrected chi connectivity index (χ2v) is 6.06. The van der Waals surface area contributed by atoms with Crippen molar-refractivity contribution >= 4 is 17.6 Å². The molecule has 3 rings (SSSR count). The summed E-state index contributed by atoms with van der Waals surface area (Å²) in [6, 6.07) is 11.0. The maximum atomic E-state index is 12.4. The maximum Gasteiger partial charge on any atom is 0.360 e. The molecular weight excluding hydrogens is 362 g/mol. The largest absolute Gasteiger partial charge is 0.486 e. The second kappa shape index (κ2) is 8.43. The number of nitrogens with zero attached hydrogens (tertiary/aromatic N) is 2. The van der Waals surface area contributed by atoms with E-state index in [4.69, 9.17) is 9.15 Å². The molecule has 8 nitrogen and oxygen atoms in total. The van der Waals surface area contributed by atoms with Gasteiger partial charge >= 0.3 is 5.97 Å². The van der Waals surface area contributed by atoms with Crippen molar-refractivity contribution in [2.45, 2.75) is 20.0 Å². The minimum Gasteiger partial charge on any atom is -0.486 e. The van der Waals surface area contributed by atoms with Gasteiger partial charge < -0.3 is 19.2 Å². The molecule has 2 heterocycles. The number of aryl methyl sites for hydroxylation is 2. The molecule has 0 aliphatic heterocycles. The predicted octanol–water partition coefficient (Wildman–Crippen LogP) is 3.19. The lowest BCUT2D eigenvalue weighted by Gasteiger charge is -2.05. The number of methoxy groups -OCH3 is 1. The fourth-order valence-corrected chi connectivity index (χ4v) is 2.56. The number of furan rings is 1. The molecule has 1 N–H and O–H groups in total. The van der Waals surface area contributed by atoms with E-state index >= 15 is 0 Å². The number of anilines is 1. The lowest BCUT2D eigenvalue weighted by Crippen LogP contribution is -2.14. The minimum atomic E-state index is -0.640. The Hall–Kier alpha value is -3.55. The highest BCUT2D eigenvalue weighted by molar-refractivity contribution is 6.05. The van der Waals surface area contributed by atoms with E-state index in [1.54, 1.807) is 19.2 Å². The Morgan fingerprint density at radius 1 is 1.18 bits per heavy atom. The average Bonchev–Trinajstić information content (AvgIpc) is 3.32. The maximum absolute atomic E-state index is 12.4. The van der Waals surface area contributed by atoms with E-state index in [0.29, 0.717) is 5.76 Å². The first-order chi connectivity index (χ1) is 13.5. The Kier molecular flexibility index (Phi) is 5.78. The molecule has 0 unspecified atom stereocenters. The van der Waals surface area contributed by atoms with E-state index in [1.807, 2.05) is 24.3 Å². The lowest BCUT2D eigenvalue weighted by atomic mass is 10.2. The highest BCUT2D eigenvalue weighted by atomic mass is 16.5. The second-order valence-electron chi connectivity index (χ2n) is 6.06. The zero-order chi connectivity index (χ0) is 20.1. The highest BCUT2D eigenvalue weighted by Gasteiger charge is 2.20. The number of rotatable bonds is 7. The Bertz CT molecular complexity index is 972. The summed E-state index contributed by atoms with van der Waals surface area (Å²) in [6.45, 7) is 2.28. The third-order valence-electron chi connectivity index (χ3n) is 4.05. The van der Waals surface area contributed by atoms with Gasteiger partial charge in [0.15, 0.2) is 11.5 Å². The zero-order valence-electron chi connectivity index (χ0n) is 15.9. The number of hydrogen-bond donors (Lipinski definition) is 1. The van der Waals surface area contributed by atoms with Crippen molar-refractivity contribution in [1.82, 2.24) is 9.78 Å². The number of nitrogens with one attached hydrogen (secondary N) is 1. The summed E-state index contributed by atoms with van der Waals surface area (Å²) in [4.78, 5) is 24.2. The number of benzene rings is 1. The van der Waals surface area contributed by atoms with E-state index in [0.717, 1.165) is 12.2 Å². The van der Waals surface area contributed by atoms with E-state index < -0.39 is 11.9 Å². The minimum absolute atomic E-state index is 0.0176. The van der Waals surface area contributed by atoms with Gasteiger partial charge in [-0.3, -0.25) is 9.48 Å². The molecule has 0 spiro atoms. The predicted molar refractivity (Wildman–Crippen MR) is 101 cm³/mol. The van der Waals surface area contributed by atoms with Gasteiger partial charge in [0.1, 0.15) is 18.1 Å². The van der Waals surface area contributed by atoms with Crippen LogP contribution in [0.25, 0.3) is 0 Å².